The van der Waals surface area contributed by atoms with Gasteiger partial charge in [-0.3, -0.25) is 10.1 Å². The average Bonchev–Trinajstić information content (AvgIpc) is 2.69. The van der Waals surface area contributed by atoms with E-state index in [1.807, 2.05) is 0 Å². The fourth-order valence-electron chi connectivity index (χ4n) is 2.87. The molecule has 21 heavy (non-hydrogen) atoms. The Morgan fingerprint density at radius 1 is 1.24 bits per heavy atom. The normalized spacial score (nSPS) is 22.5. The molecule has 1 aromatic carbocycles. The Kier molecular flexibility index (Phi) is 5.99. The molecule has 0 amide bonds. The molecule has 1 aliphatic rings. The molecule has 0 radical (unpaired) electrons. The molecular weight excluding hydrogens is 268 g/mol. The van der Waals surface area contributed by atoms with E-state index in [-0.39, 0.29) is 5.69 Å². The summed E-state index contributed by atoms with van der Waals surface area (Å²) in [6.45, 7) is 3.72. The summed E-state index contributed by atoms with van der Waals surface area (Å²) in [6, 6.07) is 6.82. The van der Waals surface area contributed by atoms with Crippen LogP contribution in [0.2, 0.25) is 0 Å². The zero-order valence-corrected chi connectivity index (χ0v) is 12.6. The first-order chi connectivity index (χ1) is 10.2. The van der Waals surface area contributed by atoms with E-state index in [0.717, 1.165) is 12.5 Å². The van der Waals surface area contributed by atoms with Crippen LogP contribution in [0.4, 0.5) is 5.69 Å². The van der Waals surface area contributed by atoms with Gasteiger partial charge in [0, 0.05) is 24.7 Å². The molecule has 0 spiro atoms. The summed E-state index contributed by atoms with van der Waals surface area (Å²) < 4.78 is 5.61. The van der Waals surface area contributed by atoms with Gasteiger partial charge in [-0.15, -0.1) is 0 Å². The van der Waals surface area contributed by atoms with Crippen LogP contribution in [0.5, 0.6) is 5.75 Å². The number of nitrogens with one attached hydrogen (secondary N) is 1. The Bertz CT molecular complexity index is 447. The lowest BCUT2D eigenvalue weighted by molar-refractivity contribution is -0.384. The zero-order chi connectivity index (χ0) is 15.1. The number of non-ortho nitro benzene ring substituents is 1. The van der Waals surface area contributed by atoms with Crippen molar-refractivity contribution in [2.45, 2.75) is 45.1 Å². The molecule has 0 saturated heterocycles. The molecule has 0 aliphatic heterocycles. The summed E-state index contributed by atoms with van der Waals surface area (Å²) in [5, 5.41) is 14.1. The summed E-state index contributed by atoms with van der Waals surface area (Å²) in [4.78, 5) is 10.2. The first-order valence-corrected chi connectivity index (χ1v) is 7.77. The molecule has 0 bridgehead atoms. The van der Waals surface area contributed by atoms with E-state index in [1.165, 1.54) is 44.2 Å². The zero-order valence-electron chi connectivity index (χ0n) is 12.6. The van der Waals surface area contributed by atoms with Gasteiger partial charge in [-0.2, -0.15) is 0 Å². The fraction of sp³-hybridized carbons (Fsp3) is 0.625. The van der Waals surface area contributed by atoms with E-state index in [2.05, 4.69) is 12.2 Å². The molecule has 2 rings (SSSR count). The van der Waals surface area contributed by atoms with E-state index in [0.29, 0.717) is 18.4 Å². The number of hydrogen-bond acceptors (Lipinski definition) is 4. The number of hydrogen-bond donors (Lipinski definition) is 1. The number of benzene rings is 1. The molecule has 1 saturated carbocycles. The summed E-state index contributed by atoms with van der Waals surface area (Å²) >= 11 is 0. The van der Waals surface area contributed by atoms with Crippen LogP contribution in [0.1, 0.15) is 39.0 Å². The van der Waals surface area contributed by atoms with Gasteiger partial charge in [0.15, 0.2) is 0 Å². The highest BCUT2D eigenvalue weighted by Gasteiger charge is 2.18. The Morgan fingerprint density at radius 2 is 1.95 bits per heavy atom. The Balaban J connectivity index is 1.70. The minimum Gasteiger partial charge on any atom is -0.492 e. The third-order valence-electron chi connectivity index (χ3n) is 4.19. The van der Waals surface area contributed by atoms with E-state index in [4.69, 9.17) is 4.74 Å². The lowest BCUT2D eigenvalue weighted by atomic mass is 9.97. The number of rotatable bonds is 6. The van der Waals surface area contributed by atoms with Gasteiger partial charge in [0.05, 0.1) is 4.92 Å². The van der Waals surface area contributed by atoms with E-state index in [1.54, 1.807) is 12.1 Å². The maximum Gasteiger partial charge on any atom is 0.269 e. The molecule has 1 fully saturated rings. The van der Waals surface area contributed by atoms with Gasteiger partial charge in [-0.05, 0) is 30.9 Å². The van der Waals surface area contributed by atoms with Crippen molar-refractivity contribution in [3.05, 3.63) is 34.4 Å². The van der Waals surface area contributed by atoms with Crippen molar-refractivity contribution < 1.29 is 9.66 Å². The van der Waals surface area contributed by atoms with Gasteiger partial charge in [0.1, 0.15) is 12.4 Å². The second kappa shape index (κ2) is 7.98. The average molecular weight is 292 g/mol. The number of nitro benzene ring substituents is 1. The fourth-order valence-corrected chi connectivity index (χ4v) is 2.87. The molecule has 1 aromatic rings. The highest BCUT2D eigenvalue weighted by atomic mass is 16.6. The molecule has 2 unspecified atom stereocenters. The lowest BCUT2D eigenvalue weighted by Crippen LogP contribution is -2.36. The highest BCUT2D eigenvalue weighted by Crippen LogP contribution is 2.22. The Labute approximate surface area is 125 Å². The highest BCUT2D eigenvalue weighted by molar-refractivity contribution is 5.35. The maximum absolute atomic E-state index is 10.6. The number of nitro groups is 1. The van der Waals surface area contributed by atoms with Crippen molar-refractivity contribution in [3.63, 3.8) is 0 Å². The molecule has 5 nitrogen and oxygen atoms in total. The molecule has 0 aromatic heterocycles. The van der Waals surface area contributed by atoms with Crippen LogP contribution in [-0.2, 0) is 0 Å². The van der Waals surface area contributed by atoms with Gasteiger partial charge in [0.2, 0.25) is 0 Å². The molecule has 116 valence electrons. The van der Waals surface area contributed by atoms with E-state index >= 15 is 0 Å². The number of ether oxygens (including phenoxy) is 1. The van der Waals surface area contributed by atoms with Gasteiger partial charge in [0.25, 0.3) is 5.69 Å². The van der Waals surface area contributed by atoms with Crippen LogP contribution in [0.25, 0.3) is 0 Å². The summed E-state index contributed by atoms with van der Waals surface area (Å²) in [5.74, 6) is 1.41. The predicted octanol–water partition coefficient (Wildman–Crippen LogP) is 3.53. The Morgan fingerprint density at radius 3 is 2.67 bits per heavy atom. The smallest absolute Gasteiger partial charge is 0.269 e. The molecule has 5 heteroatoms. The third-order valence-corrected chi connectivity index (χ3v) is 4.19. The number of nitrogens with zero attached hydrogens (tertiary/aromatic N) is 1. The molecule has 1 aliphatic carbocycles. The molecule has 2 atom stereocenters. The van der Waals surface area contributed by atoms with Crippen molar-refractivity contribution >= 4 is 5.69 Å². The predicted molar refractivity (Wildman–Crippen MR) is 82.6 cm³/mol. The van der Waals surface area contributed by atoms with Gasteiger partial charge in [-0.25, -0.2) is 0 Å². The molecule has 0 heterocycles. The van der Waals surface area contributed by atoms with Crippen molar-refractivity contribution in [2.24, 2.45) is 5.92 Å². The monoisotopic (exact) mass is 292 g/mol. The maximum atomic E-state index is 10.6. The van der Waals surface area contributed by atoms with Crippen LogP contribution < -0.4 is 10.1 Å². The van der Waals surface area contributed by atoms with Crippen LogP contribution in [0, 0.1) is 16.0 Å². The van der Waals surface area contributed by atoms with Gasteiger partial charge in [-0.1, -0.05) is 26.2 Å². The van der Waals surface area contributed by atoms with Crippen LogP contribution in [-0.4, -0.2) is 24.1 Å². The standard InChI is InChI=1S/C16H24N2O3/c1-13-5-3-2-4-6-16(13)17-11-12-21-15-9-7-14(8-10-15)18(19)20/h7-10,13,16-17H,2-6,11-12H2,1H3. The third kappa shape index (κ3) is 5.01. The Hall–Kier alpha value is -1.62. The summed E-state index contributed by atoms with van der Waals surface area (Å²) in [6.07, 6.45) is 6.56. The minimum absolute atomic E-state index is 0.0905. The summed E-state index contributed by atoms with van der Waals surface area (Å²) in [5.41, 5.74) is 0.0905. The van der Waals surface area contributed by atoms with Crippen molar-refractivity contribution in [3.8, 4) is 5.75 Å². The van der Waals surface area contributed by atoms with Gasteiger partial charge >= 0.3 is 0 Å². The molecule has 1 N–H and O–H groups in total. The van der Waals surface area contributed by atoms with E-state index in [9.17, 15) is 10.1 Å². The SMILES string of the molecule is CC1CCCCCC1NCCOc1ccc([N+](=O)[O-])cc1. The topological polar surface area (TPSA) is 64.4 Å². The quantitative estimate of drug-likeness (QED) is 0.377. The largest absolute Gasteiger partial charge is 0.492 e. The minimum atomic E-state index is -0.404. The second-order valence-electron chi connectivity index (χ2n) is 5.78. The van der Waals surface area contributed by atoms with Crippen molar-refractivity contribution in [1.29, 1.82) is 0 Å². The summed E-state index contributed by atoms with van der Waals surface area (Å²) in [7, 11) is 0. The van der Waals surface area contributed by atoms with Crippen molar-refractivity contribution in [2.75, 3.05) is 13.2 Å². The van der Waals surface area contributed by atoms with Crippen LogP contribution >= 0.6 is 0 Å². The first kappa shape index (κ1) is 15.8. The van der Waals surface area contributed by atoms with Crippen LogP contribution in [0.3, 0.4) is 0 Å². The first-order valence-electron chi connectivity index (χ1n) is 7.77. The lowest BCUT2D eigenvalue weighted by Gasteiger charge is -2.22. The van der Waals surface area contributed by atoms with Crippen molar-refractivity contribution in [1.82, 2.24) is 5.32 Å². The second-order valence-corrected chi connectivity index (χ2v) is 5.78. The van der Waals surface area contributed by atoms with E-state index < -0.39 is 4.92 Å². The van der Waals surface area contributed by atoms with Crippen LogP contribution in [0.15, 0.2) is 24.3 Å². The molecular formula is C16H24N2O3. The van der Waals surface area contributed by atoms with Gasteiger partial charge < -0.3 is 10.1 Å².